The topological polar surface area (TPSA) is 64.4 Å². The Balaban J connectivity index is 2.03. The van der Waals surface area contributed by atoms with Crippen LogP contribution in [0.15, 0.2) is 24.3 Å². The van der Waals surface area contributed by atoms with Gasteiger partial charge in [-0.2, -0.15) is 5.26 Å². The molecule has 0 spiro atoms. The number of nitriles is 1. The van der Waals surface area contributed by atoms with Crippen LogP contribution < -0.4 is 0 Å². The summed E-state index contributed by atoms with van der Waals surface area (Å²) in [6.07, 6.45) is 0.589. The molecule has 1 aromatic rings. The summed E-state index contributed by atoms with van der Waals surface area (Å²) >= 11 is 6.05. The van der Waals surface area contributed by atoms with Crippen LogP contribution in [0.5, 0.6) is 0 Å². The number of halogens is 1. The van der Waals surface area contributed by atoms with Gasteiger partial charge >= 0.3 is 0 Å². The van der Waals surface area contributed by atoms with Crippen LogP contribution in [0.3, 0.4) is 0 Å². The van der Waals surface area contributed by atoms with Crippen molar-refractivity contribution in [2.45, 2.75) is 12.8 Å². The average molecular weight is 306 g/mol. The molecule has 2 amide bonds. The summed E-state index contributed by atoms with van der Waals surface area (Å²) in [5, 5.41) is 9.01. The van der Waals surface area contributed by atoms with Crippen LogP contribution in [-0.2, 0) is 4.79 Å². The first-order valence-corrected chi connectivity index (χ1v) is 7.20. The number of hydrogen-bond acceptors (Lipinski definition) is 3. The molecule has 0 aliphatic carbocycles. The second kappa shape index (κ2) is 7.09. The molecule has 1 heterocycles. The molecule has 0 bridgehead atoms. The van der Waals surface area contributed by atoms with Crippen molar-refractivity contribution in [1.82, 2.24) is 9.80 Å². The van der Waals surface area contributed by atoms with Gasteiger partial charge in [0.1, 0.15) is 6.42 Å². The van der Waals surface area contributed by atoms with Gasteiger partial charge in [-0.05, 0) is 18.6 Å². The van der Waals surface area contributed by atoms with Gasteiger partial charge in [-0.15, -0.1) is 0 Å². The van der Waals surface area contributed by atoms with Gasteiger partial charge in [0.25, 0.3) is 5.91 Å². The van der Waals surface area contributed by atoms with E-state index >= 15 is 0 Å². The molecule has 0 unspecified atom stereocenters. The lowest BCUT2D eigenvalue weighted by atomic mass is 10.2. The minimum atomic E-state index is -0.176. The summed E-state index contributed by atoms with van der Waals surface area (Å²) in [6.45, 7) is 2.07. The van der Waals surface area contributed by atoms with Crippen LogP contribution in [0.2, 0.25) is 5.02 Å². The Morgan fingerprint density at radius 2 is 1.81 bits per heavy atom. The van der Waals surface area contributed by atoms with E-state index in [4.69, 9.17) is 16.9 Å². The molecule has 1 fully saturated rings. The first kappa shape index (κ1) is 15.3. The standard InChI is InChI=1S/C15H16ClN3O2/c16-13-5-2-1-4-12(13)15(21)19-9-3-8-18(10-11-19)14(20)6-7-17/h1-2,4-5H,3,6,8-11H2. The van der Waals surface area contributed by atoms with Crippen LogP contribution in [0.25, 0.3) is 0 Å². The number of hydrogen-bond donors (Lipinski definition) is 0. The third-order valence-electron chi connectivity index (χ3n) is 3.47. The van der Waals surface area contributed by atoms with E-state index in [-0.39, 0.29) is 18.2 Å². The van der Waals surface area contributed by atoms with E-state index in [1.807, 2.05) is 6.07 Å². The molecule has 110 valence electrons. The van der Waals surface area contributed by atoms with Crippen LogP contribution in [-0.4, -0.2) is 47.8 Å². The normalized spacial score (nSPS) is 15.2. The van der Waals surface area contributed by atoms with Crippen molar-refractivity contribution in [2.24, 2.45) is 0 Å². The Kier molecular flexibility index (Phi) is 5.18. The van der Waals surface area contributed by atoms with E-state index in [1.54, 1.807) is 34.1 Å². The summed E-state index contributed by atoms with van der Waals surface area (Å²) < 4.78 is 0. The number of nitrogens with zero attached hydrogens (tertiary/aromatic N) is 3. The first-order chi connectivity index (χ1) is 10.1. The molecule has 2 rings (SSSR count). The lowest BCUT2D eigenvalue weighted by molar-refractivity contribution is -0.129. The van der Waals surface area contributed by atoms with E-state index in [0.717, 1.165) is 0 Å². The van der Waals surface area contributed by atoms with E-state index in [0.29, 0.717) is 43.2 Å². The van der Waals surface area contributed by atoms with Gasteiger partial charge in [0.15, 0.2) is 0 Å². The molecule has 0 radical (unpaired) electrons. The monoisotopic (exact) mass is 305 g/mol. The number of rotatable bonds is 2. The van der Waals surface area contributed by atoms with E-state index < -0.39 is 0 Å². The molecule has 21 heavy (non-hydrogen) atoms. The highest BCUT2D eigenvalue weighted by Gasteiger charge is 2.23. The fraction of sp³-hybridized carbons (Fsp3) is 0.400. The minimum Gasteiger partial charge on any atom is -0.340 e. The summed E-state index contributed by atoms with van der Waals surface area (Å²) in [7, 11) is 0. The number of benzene rings is 1. The number of carbonyl (C=O) groups excluding carboxylic acids is 2. The fourth-order valence-corrected chi connectivity index (χ4v) is 2.57. The van der Waals surface area contributed by atoms with Crippen molar-refractivity contribution in [2.75, 3.05) is 26.2 Å². The predicted molar refractivity (Wildman–Crippen MR) is 78.8 cm³/mol. The Morgan fingerprint density at radius 3 is 2.52 bits per heavy atom. The molecule has 1 aromatic carbocycles. The highest BCUT2D eigenvalue weighted by molar-refractivity contribution is 6.33. The summed E-state index contributed by atoms with van der Waals surface area (Å²) in [5.74, 6) is -0.292. The van der Waals surface area contributed by atoms with Gasteiger partial charge in [0, 0.05) is 26.2 Å². The van der Waals surface area contributed by atoms with Gasteiger partial charge in [-0.25, -0.2) is 0 Å². The van der Waals surface area contributed by atoms with Crippen molar-refractivity contribution in [3.05, 3.63) is 34.9 Å². The lowest BCUT2D eigenvalue weighted by Gasteiger charge is -2.22. The molecule has 0 saturated carbocycles. The molecule has 0 aromatic heterocycles. The van der Waals surface area contributed by atoms with Crippen molar-refractivity contribution in [1.29, 1.82) is 5.26 Å². The molecule has 1 saturated heterocycles. The van der Waals surface area contributed by atoms with Crippen LogP contribution in [0.4, 0.5) is 0 Å². The van der Waals surface area contributed by atoms with Gasteiger partial charge in [0.05, 0.1) is 16.7 Å². The van der Waals surface area contributed by atoms with Gasteiger partial charge < -0.3 is 9.80 Å². The number of amides is 2. The molecule has 0 N–H and O–H groups in total. The first-order valence-electron chi connectivity index (χ1n) is 6.82. The molecule has 5 nitrogen and oxygen atoms in total. The SMILES string of the molecule is N#CCC(=O)N1CCCN(C(=O)c2ccccc2Cl)CC1. The van der Waals surface area contributed by atoms with Crippen molar-refractivity contribution in [3.8, 4) is 6.07 Å². The maximum atomic E-state index is 12.5. The van der Waals surface area contributed by atoms with E-state index in [1.165, 1.54) is 0 Å². The van der Waals surface area contributed by atoms with E-state index in [9.17, 15) is 9.59 Å². The number of carbonyl (C=O) groups is 2. The predicted octanol–water partition coefficient (Wildman–Crippen LogP) is 1.93. The van der Waals surface area contributed by atoms with Crippen molar-refractivity contribution >= 4 is 23.4 Å². The summed E-state index contributed by atoms with van der Waals surface area (Å²) in [6, 6.07) is 8.81. The molecule has 0 atom stereocenters. The third kappa shape index (κ3) is 3.73. The Morgan fingerprint density at radius 1 is 1.14 bits per heavy atom. The Labute approximate surface area is 128 Å². The lowest BCUT2D eigenvalue weighted by Crippen LogP contribution is -2.37. The highest BCUT2D eigenvalue weighted by Crippen LogP contribution is 2.18. The summed E-state index contributed by atoms with van der Waals surface area (Å²) in [5.41, 5.74) is 0.482. The van der Waals surface area contributed by atoms with Crippen LogP contribution in [0.1, 0.15) is 23.2 Å². The fourth-order valence-electron chi connectivity index (χ4n) is 2.35. The van der Waals surface area contributed by atoms with Crippen LogP contribution >= 0.6 is 11.6 Å². The quantitative estimate of drug-likeness (QED) is 0.838. The zero-order chi connectivity index (χ0) is 15.2. The molecule has 6 heteroatoms. The minimum absolute atomic E-state index is 0.113. The largest absolute Gasteiger partial charge is 0.340 e. The maximum Gasteiger partial charge on any atom is 0.255 e. The Hall–Kier alpha value is -2.06. The van der Waals surface area contributed by atoms with Crippen LogP contribution in [0, 0.1) is 11.3 Å². The molecular formula is C15H16ClN3O2. The van der Waals surface area contributed by atoms with Gasteiger partial charge in [0.2, 0.25) is 5.91 Å². The second-order valence-electron chi connectivity index (χ2n) is 4.84. The zero-order valence-electron chi connectivity index (χ0n) is 11.6. The van der Waals surface area contributed by atoms with Gasteiger partial charge in [-0.1, -0.05) is 23.7 Å². The molecule has 1 aliphatic heterocycles. The molecular weight excluding hydrogens is 290 g/mol. The van der Waals surface area contributed by atoms with E-state index in [2.05, 4.69) is 0 Å². The second-order valence-corrected chi connectivity index (χ2v) is 5.25. The van der Waals surface area contributed by atoms with Crippen molar-refractivity contribution in [3.63, 3.8) is 0 Å². The third-order valence-corrected chi connectivity index (χ3v) is 3.80. The van der Waals surface area contributed by atoms with Gasteiger partial charge in [-0.3, -0.25) is 9.59 Å². The Bertz CT molecular complexity index is 583. The zero-order valence-corrected chi connectivity index (χ0v) is 12.3. The highest BCUT2D eigenvalue weighted by atomic mass is 35.5. The smallest absolute Gasteiger partial charge is 0.255 e. The van der Waals surface area contributed by atoms with Crippen molar-refractivity contribution < 1.29 is 9.59 Å². The summed E-state index contributed by atoms with van der Waals surface area (Å²) in [4.78, 5) is 27.5. The maximum absolute atomic E-state index is 12.5. The average Bonchev–Trinajstić information content (AvgIpc) is 2.73. The molecule has 1 aliphatic rings.